The molecule has 6 aromatic carbocycles. The van der Waals surface area contributed by atoms with E-state index >= 15 is 0 Å². The van der Waals surface area contributed by atoms with Gasteiger partial charge in [0.1, 0.15) is 0 Å². The van der Waals surface area contributed by atoms with Crippen molar-refractivity contribution in [2.24, 2.45) is 0 Å². The normalized spacial score (nSPS) is 13.0. The van der Waals surface area contributed by atoms with Crippen molar-refractivity contribution < 1.29 is 0 Å². The molecular weight excluding hydrogens is 288 g/mol. The van der Waals surface area contributed by atoms with Gasteiger partial charge in [0.25, 0.3) is 0 Å². The van der Waals surface area contributed by atoms with Gasteiger partial charge in [0.15, 0.2) is 0 Å². The summed E-state index contributed by atoms with van der Waals surface area (Å²) in [7, 11) is 0. The summed E-state index contributed by atoms with van der Waals surface area (Å²) >= 11 is 0. The van der Waals surface area contributed by atoms with Crippen molar-refractivity contribution in [3.05, 3.63) is 72.8 Å². The predicted octanol–water partition coefficient (Wildman–Crippen LogP) is 6.87. The van der Waals surface area contributed by atoms with Crippen molar-refractivity contribution in [3.63, 3.8) is 0 Å². The monoisotopic (exact) mass is 300 g/mol. The molecule has 0 heteroatoms. The molecule has 0 radical (unpaired) electrons. The summed E-state index contributed by atoms with van der Waals surface area (Å²) in [5.74, 6) is 0. The van der Waals surface area contributed by atoms with Gasteiger partial charge >= 0.3 is 0 Å². The van der Waals surface area contributed by atoms with E-state index in [-0.39, 0.29) is 0 Å². The number of hydrogen-bond donors (Lipinski definition) is 0. The molecule has 0 amide bonds. The molecular formula is C24H12. The number of hydrogen-bond acceptors (Lipinski definition) is 0. The van der Waals surface area contributed by atoms with Crippen molar-refractivity contribution in [2.75, 3.05) is 0 Å². The third-order valence-electron chi connectivity index (χ3n) is 5.90. The van der Waals surface area contributed by atoms with Crippen LogP contribution in [0.5, 0.6) is 0 Å². The smallest absolute Gasteiger partial charge is 0.000741 e. The van der Waals surface area contributed by atoms with Gasteiger partial charge < -0.3 is 0 Å². The SMILES string of the molecule is c1cc2c3c(c1)ccc1c4cccc5ccc6ccc-2c(c13)c6c54. The highest BCUT2D eigenvalue weighted by Crippen LogP contribution is 2.52. The molecule has 1 aliphatic rings. The van der Waals surface area contributed by atoms with Gasteiger partial charge in [-0.2, -0.15) is 0 Å². The summed E-state index contributed by atoms with van der Waals surface area (Å²) in [6.45, 7) is 0. The Labute approximate surface area is 138 Å². The second-order valence-corrected chi connectivity index (χ2v) is 6.95. The van der Waals surface area contributed by atoms with E-state index in [2.05, 4.69) is 72.8 Å². The van der Waals surface area contributed by atoms with Gasteiger partial charge in [0, 0.05) is 0 Å². The largest absolute Gasteiger partial charge is 0.0610 e. The first-order valence-electron chi connectivity index (χ1n) is 8.47. The van der Waals surface area contributed by atoms with Crippen molar-refractivity contribution in [1.29, 1.82) is 0 Å². The van der Waals surface area contributed by atoms with Crippen LogP contribution in [0.3, 0.4) is 0 Å². The highest BCUT2D eigenvalue weighted by Gasteiger charge is 2.23. The molecule has 0 saturated heterocycles. The average molecular weight is 300 g/mol. The summed E-state index contributed by atoms with van der Waals surface area (Å²) in [5.41, 5.74) is 2.80. The minimum atomic E-state index is 1.34. The van der Waals surface area contributed by atoms with Crippen molar-refractivity contribution in [3.8, 4) is 11.1 Å². The van der Waals surface area contributed by atoms with Crippen LogP contribution in [0.15, 0.2) is 72.8 Å². The van der Waals surface area contributed by atoms with Gasteiger partial charge in [0.2, 0.25) is 0 Å². The van der Waals surface area contributed by atoms with E-state index in [0.29, 0.717) is 0 Å². The van der Waals surface area contributed by atoms with Crippen LogP contribution in [0.2, 0.25) is 0 Å². The minimum absolute atomic E-state index is 1.34. The first-order valence-corrected chi connectivity index (χ1v) is 8.47. The quantitative estimate of drug-likeness (QED) is 0.212. The first-order chi connectivity index (χ1) is 11.9. The minimum Gasteiger partial charge on any atom is -0.0610 e. The molecule has 0 fully saturated rings. The average Bonchev–Trinajstić information content (AvgIpc) is 2.99. The molecule has 108 valence electrons. The van der Waals surface area contributed by atoms with Gasteiger partial charge in [-0.15, -0.1) is 0 Å². The Morgan fingerprint density at radius 1 is 0.333 bits per heavy atom. The molecule has 6 aromatic rings. The molecule has 0 atom stereocenters. The van der Waals surface area contributed by atoms with E-state index in [9.17, 15) is 0 Å². The number of rotatable bonds is 0. The summed E-state index contributed by atoms with van der Waals surface area (Å²) < 4.78 is 0. The van der Waals surface area contributed by atoms with E-state index in [4.69, 9.17) is 0 Å². The van der Waals surface area contributed by atoms with E-state index in [1.807, 2.05) is 0 Å². The molecule has 0 heterocycles. The van der Waals surface area contributed by atoms with E-state index in [1.165, 1.54) is 65.0 Å². The molecule has 0 spiro atoms. The molecule has 0 N–H and O–H groups in total. The molecule has 0 nitrogen and oxygen atoms in total. The Hall–Kier alpha value is -3.12. The second-order valence-electron chi connectivity index (χ2n) is 6.95. The summed E-state index contributed by atoms with van der Waals surface area (Å²) in [6, 6.07) is 27.2. The Kier molecular flexibility index (Phi) is 1.67. The molecule has 1 aliphatic carbocycles. The molecule has 7 rings (SSSR count). The maximum atomic E-state index is 2.32. The fourth-order valence-electron chi connectivity index (χ4n) is 4.99. The fourth-order valence-corrected chi connectivity index (χ4v) is 4.99. The summed E-state index contributed by atoms with van der Waals surface area (Å²) in [6.07, 6.45) is 0. The third-order valence-corrected chi connectivity index (χ3v) is 5.90. The van der Waals surface area contributed by atoms with Gasteiger partial charge in [-0.3, -0.25) is 0 Å². The van der Waals surface area contributed by atoms with E-state index in [0.717, 1.165) is 0 Å². The molecule has 0 aliphatic heterocycles. The predicted molar refractivity (Wildman–Crippen MR) is 104 cm³/mol. The van der Waals surface area contributed by atoms with Crippen molar-refractivity contribution in [1.82, 2.24) is 0 Å². The van der Waals surface area contributed by atoms with Crippen LogP contribution in [0.25, 0.3) is 65.0 Å². The standard InChI is InChI=1S/C24H12/c1-3-13-7-8-15-10-12-19-17-6-2-4-14-9-11-18-16(5-1)20(13)22(15)24(19)23(18)21(14)17/h1-12H. The van der Waals surface area contributed by atoms with Crippen LogP contribution in [0.4, 0.5) is 0 Å². The van der Waals surface area contributed by atoms with Gasteiger partial charge in [-0.1, -0.05) is 72.8 Å². The maximum absolute atomic E-state index is 2.32. The lowest BCUT2D eigenvalue weighted by molar-refractivity contribution is 1.78. The van der Waals surface area contributed by atoms with Crippen molar-refractivity contribution in [2.45, 2.75) is 0 Å². The molecule has 0 saturated carbocycles. The van der Waals surface area contributed by atoms with Crippen LogP contribution in [-0.2, 0) is 0 Å². The highest BCUT2D eigenvalue weighted by atomic mass is 14.3. The number of fused-ring (bicyclic) bond motifs is 2. The molecule has 0 unspecified atom stereocenters. The van der Waals surface area contributed by atoms with E-state index in [1.54, 1.807) is 0 Å². The highest BCUT2D eigenvalue weighted by molar-refractivity contribution is 6.43. The Balaban J connectivity index is 2.04. The summed E-state index contributed by atoms with van der Waals surface area (Å²) in [4.78, 5) is 0. The Morgan fingerprint density at radius 3 is 1.88 bits per heavy atom. The topological polar surface area (TPSA) is 0 Å². The van der Waals surface area contributed by atoms with Crippen LogP contribution in [0.1, 0.15) is 0 Å². The molecule has 0 aromatic heterocycles. The van der Waals surface area contributed by atoms with Crippen LogP contribution >= 0.6 is 0 Å². The second kappa shape index (κ2) is 3.52. The van der Waals surface area contributed by atoms with Gasteiger partial charge in [-0.25, -0.2) is 0 Å². The maximum Gasteiger partial charge on any atom is -0.000741 e. The fraction of sp³-hybridized carbons (Fsp3) is 0. The van der Waals surface area contributed by atoms with Crippen LogP contribution in [0, 0.1) is 0 Å². The van der Waals surface area contributed by atoms with E-state index < -0.39 is 0 Å². The van der Waals surface area contributed by atoms with Crippen LogP contribution in [-0.4, -0.2) is 0 Å². The lowest BCUT2D eigenvalue weighted by Gasteiger charge is -2.14. The zero-order chi connectivity index (χ0) is 15.4. The lowest BCUT2D eigenvalue weighted by atomic mass is 9.89. The number of benzene rings is 6. The zero-order valence-corrected chi connectivity index (χ0v) is 12.9. The van der Waals surface area contributed by atoms with Gasteiger partial charge in [0.05, 0.1) is 0 Å². The third kappa shape index (κ3) is 1.05. The Morgan fingerprint density at radius 2 is 0.958 bits per heavy atom. The van der Waals surface area contributed by atoms with Crippen molar-refractivity contribution >= 4 is 53.9 Å². The molecule has 24 heavy (non-hydrogen) atoms. The zero-order valence-electron chi connectivity index (χ0n) is 12.9. The van der Waals surface area contributed by atoms with Crippen LogP contribution < -0.4 is 0 Å². The Bertz CT molecular complexity index is 1490. The summed E-state index contributed by atoms with van der Waals surface area (Å²) in [5, 5.41) is 14.0. The van der Waals surface area contributed by atoms with Gasteiger partial charge in [-0.05, 0) is 65.0 Å². The first kappa shape index (κ1) is 11.4. The lowest BCUT2D eigenvalue weighted by Crippen LogP contribution is -1.86. The molecule has 0 bridgehead atoms.